The fourth-order valence-electron chi connectivity index (χ4n) is 1.29. The predicted octanol–water partition coefficient (Wildman–Crippen LogP) is 2.51. The zero-order chi connectivity index (χ0) is 12.0. The molecule has 0 saturated heterocycles. The highest BCUT2D eigenvalue weighted by molar-refractivity contribution is 9.10. The fraction of sp³-hybridized carbons (Fsp3) is 0.333. The van der Waals surface area contributed by atoms with Gasteiger partial charge in [-0.25, -0.2) is 0 Å². The molecule has 0 spiro atoms. The number of ketones is 1. The van der Waals surface area contributed by atoms with Gasteiger partial charge in [0.2, 0.25) is 0 Å². The van der Waals surface area contributed by atoms with E-state index < -0.39 is 5.97 Å². The van der Waals surface area contributed by atoms with Gasteiger partial charge in [0.05, 0.1) is 6.61 Å². The van der Waals surface area contributed by atoms with Crippen molar-refractivity contribution in [3.8, 4) is 0 Å². The number of esters is 1. The van der Waals surface area contributed by atoms with Crippen molar-refractivity contribution in [2.24, 2.45) is 0 Å². The van der Waals surface area contributed by atoms with E-state index in [1.807, 2.05) is 24.3 Å². The summed E-state index contributed by atoms with van der Waals surface area (Å²) >= 11 is 3.35. The van der Waals surface area contributed by atoms with Crippen LogP contribution in [0.25, 0.3) is 0 Å². The van der Waals surface area contributed by atoms with Crippen molar-refractivity contribution in [1.29, 1.82) is 0 Å². The highest BCUT2D eigenvalue weighted by Gasteiger charge is 2.12. The molecule has 0 amide bonds. The Bertz CT molecular complexity index is 388. The highest BCUT2D eigenvalue weighted by Crippen LogP contribution is 2.16. The van der Waals surface area contributed by atoms with E-state index in [-0.39, 0.29) is 18.6 Å². The van der Waals surface area contributed by atoms with Crippen molar-refractivity contribution in [1.82, 2.24) is 0 Å². The molecule has 0 radical (unpaired) electrons. The summed E-state index contributed by atoms with van der Waals surface area (Å²) in [6.07, 6.45) is 0.0927. The average Bonchev–Trinajstić information content (AvgIpc) is 2.21. The van der Waals surface area contributed by atoms with Crippen molar-refractivity contribution >= 4 is 27.7 Å². The summed E-state index contributed by atoms with van der Waals surface area (Å²) in [7, 11) is 0. The molecule has 0 aliphatic heterocycles. The maximum absolute atomic E-state index is 11.5. The van der Waals surface area contributed by atoms with Crippen molar-refractivity contribution < 1.29 is 14.3 Å². The Balaban J connectivity index is 2.52. The number of ether oxygens (including phenoxy) is 1. The molecule has 0 bridgehead atoms. The van der Waals surface area contributed by atoms with Gasteiger partial charge in [-0.05, 0) is 18.6 Å². The molecule has 1 aromatic carbocycles. The van der Waals surface area contributed by atoms with Crippen LogP contribution in [0.2, 0.25) is 0 Å². The molecular formula is C12H13BrO3. The molecule has 0 unspecified atom stereocenters. The number of carbonyl (C=O) groups is 2. The summed E-state index contributed by atoms with van der Waals surface area (Å²) in [5.74, 6) is -0.593. The van der Waals surface area contributed by atoms with Crippen LogP contribution >= 0.6 is 15.9 Å². The van der Waals surface area contributed by atoms with Gasteiger partial charge in [-0.1, -0.05) is 34.1 Å². The van der Waals surface area contributed by atoms with E-state index in [1.54, 1.807) is 6.92 Å². The monoisotopic (exact) mass is 284 g/mol. The Morgan fingerprint density at radius 3 is 2.62 bits per heavy atom. The number of halogens is 1. The molecule has 0 aliphatic rings. The lowest BCUT2D eigenvalue weighted by Gasteiger charge is -2.03. The Morgan fingerprint density at radius 2 is 2.00 bits per heavy atom. The number of rotatable bonds is 5. The minimum Gasteiger partial charge on any atom is -0.466 e. The van der Waals surface area contributed by atoms with E-state index in [0.717, 1.165) is 10.0 Å². The smallest absolute Gasteiger partial charge is 0.313 e. The highest BCUT2D eigenvalue weighted by atomic mass is 79.9. The lowest BCUT2D eigenvalue weighted by molar-refractivity contribution is -0.145. The largest absolute Gasteiger partial charge is 0.466 e. The van der Waals surface area contributed by atoms with Gasteiger partial charge in [0, 0.05) is 10.9 Å². The average molecular weight is 285 g/mol. The normalized spacial score (nSPS) is 9.88. The Kier molecular flexibility index (Phi) is 5.19. The number of carbonyl (C=O) groups excluding carboxylic acids is 2. The number of hydrogen-bond acceptors (Lipinski definition) is 3. The molecule has 3 nitrogen and oxygen atoms in total. The lowest BCUT2D eigenvalue weighted by atomic mass is 10.1. The zero-order valence-corrected chi connectivity index (χ0v) is 10.6. The Labute approximate surface area is 103 Å². The molecule has 0 atom stereocenters. The summed E-state index contributed by atoms with van der Waals surface area (Å²) in [5.41, 5.74) is 0.886. The second-order valence-corrected chi connectivity index (χ2v) is 4.14. The van der Waals surface area contributed by atoms with Gasteiger partial charge in [-0.2, -0.15) is 0 Å². The first-order valence-corrected chi connectivity index (χ1v) is 5.83. The standard InChI is InChI=1S/C12H13BrO3/c1-2-16-12(15)8-10(14)7-9-5-3-4-6-11(9)13/h3-6H,2,7-8H2,1H3. The predicted molar refractivity (Wildman–Crippen MR) is 64.1 cm³/mol. The third-order valence-electron chi connectivity index (χ3n) is 1.99. The molecule has 0 aromatic heterocycles. The van der Waals surface area contributed by atoms with E-state index in [4.69, 9.17) is 4.74 Å². The summed E-state index contributed by atoms with van der Waals surface area (Å²) < 4.78 is 5.59. The van der Waals surface area contributed by atoms with Crippen molar-refractivity contribution in [2.45, 2.75) is 19.8 Å². The molecule has 16 heavy (non-hydrogen) atoms. The van der Waals surface area contributed by atoms with Gasteiger partial charge < -0.3 is 4.74 Å². The third-order valence-corrected chi connectivity index (χ3v) is 2.77. The van der Waals surface area contributed by atoms with Crippen LogP contribution in [-0.4, -0.2) is 18.4 Å². The van der Waals surface area contributed by atoms with Gasteiger partial charge in [0.25, 0.3) is 0 Å². The van der Waals surface area contributed by atoms with Gasteiger partial charge in [-0.15, -0.1) is 0 Å². The summed E-state index contributed by atoms with van der Waals surface area (Å²) in [4.78, 5) is 22.6. The van der Waals surface area contributed by atoms with E-state index in [2.05, 4.69) is 15.9 Å². The van der Waals surface area contributed by atoms with Crippen LogP contribution in [0.1, 0.15) is 18.9 Å². The summed E-state index contributed by atoms with van der Waals surface area (Å²) in [6.45, 7) is 2.03. The molecule has 1 rings (SSSR count). The molecule has 0 saturated carbocycles. The SMILES string of the molecule is CCOC(=O)CC(=O)Cc1ccccc1Br. The number of benzene rings is 1. The van der Waals surface area contributed by atoms with Crippen LogP contribution in [0.15, 0.2) is 28.7 Å². The maximum atomic E-state index is 11.5. The molecular weight excluding hydrogens is 272 g/mol. The van der Waals surface area contributed by atoms with Gasteiger partial charge in [0.15, 0.2) is 0 Å². The van der Waals surface area contributed by atoms with E-state index >= 15 is 0 Å². The van der Waals surface area contributed by atoms with Gasteiger partial charge >= 0.3 is 5.97 Å². The minimum atomic E-state index is -0.459. The van der Waals surface area contributed by atoms with Gasteiger partial charge in [-0.3, -0.25) is 9.59 Å². The van der Waals surface area contributed by atoms with Crippen LogP contribution in [0.4, 0.5) is 0 Å². The molecule has 0 aliphatic carbocycles. The topological polar surface area (TPSA) is 43.4 Å². The van der Waals surface area contributed by atoms with E-state index in [9.17, 15) is 9.59 Å². The first-order chi connectivity index (χ1) is 7.63. The van der Waals surface area contributed by atoms with Crippen LogP contribution in [0, 0.1) is 0 Å². The van der Waals surface area contributed by atoms with Crippen LogP contribution in [-0.2, 0) is 20.7 Å². The molecule has 86 valence electrons. The molecule has 0 fully saturated rings. The first-order valence-electron chi connectivity index (χ1n) is 5.04. The maximum Gasteiger partial charge on any atom is 0.313 e. The van der Waals surface area contributed by atoms with Crippen LogP contribution in [0.5, 0.6) is 0 Å². The second kappa shape index (κ2) is 6.43. The van der Waals surface area contributed by atoms with Crippen LogP contribution < -0.4 is 0 Å². The van der Waals surface area contributed by atoms with Crippen molar-refractivity contribution in [2.75, 3.05) is 6.61 Å². The third kappa shape index (κ3) is 4.14. The molecule has 0 heterocycles. The molecule has 1 aromatic rings. The number of Topliss-reactive ketones (excluding diaryl/α,β-unsaturated/α-hetero) is 1. The quantitative estimate of drug-likeness (QED) is 0.616. The first kappa shape index (κ1) is 12.9. The zero-order valence-electron chi connectivity index (χ0n) is 9.03. The van der Waals surface area contributed by atoms with Crippen molar-refractivity contribution in [3.05, 3.63) is 34.3 Å². The lowest BCUT2D eigenvalue weighted by Crippen LogP contribution is -2.13. The van der Waals surface area contributed by atoms with Gasteiger partial charge in [0.1, 0.15) is 12.2 Å². The number of hydrogen-bond donors (Lipinski definition) is 0. The Morgan fingerprint density at radius 1 is 1.31 bits per heavy atom. The Hall–Kier alpha value is -1.16. The van der Waals surface area contributed by atoms with E-state index in [0.29, 0.717) is 6.61 Å². The molecule has 0 N–H and O–H groups in total. The molecule has 4 heteroatoms. The van der Waals surface area contributed by atoms with Crippen LogP contribution in [0.3, 0.4) is 0 Å². The summed E-state index contributed by atoms with van der Waals surface area (Å²) in [6, 6.07) is 7.46. The summed E-state index contributed by atoms with van der Waals surface area (Å²) in [5, 5.41) is 0. The minimum absolute atomic E-state index is 0.134. The fourth-order valence-corrected chi connectivity index (χ4v) is 1.71. The van der Waals surface area contributed by atoms with Crippen molar-refractivity contribution in [3.63, 3.8) is 0 Å². The second-order valence-electron chi connectivity index (χ2n) is 3.29. The van der Waals surface area contributed by atoms with E-state index in [1.165, 1.54) is 0 Å².